The summed E-state index contributed by atoms with van der Waals surface area (Å²) in [6, 6.07) is 63.8. The van der Waals surface area contributed by atoms with Crippen LogP contribution in [0.4, 0.5) is 17.1 Å². The number of nitrogens with zero attached hydrogens (tertiary/aromatic N) is 2. The minimum atomic E-state index is 1.13. The Morgan fingerprint density at radius 3 is 1.82 bits per heavy atom. The molecule has 3 heteroatoms. The van der Waals surface area contributed by atoms with Crippen LogP contribution in [0.25, 0.3) is 69.4 Å². The number of rotatable bonds is 5. The van der Waals surface area contributed by atoms with E-state index in [4.69, 9.17) is 0 Å². The fraction of sp³-hybridized carbons (Fsp3) is 0. The molecule has 2 aromatic heterocycles. The highest BCUT2D eigenvalue weighted by atomic mass is 32.1. The molecule has 0 N–H and O–H groups in total. The minimum Gasteiger partial charge on any atom is -0.317 e. The third-order valence-corrected chi connectivity index (χ3v) is 11.0. The van der Waals surface area contributed by atoms with Crippen LogP contribution < -0.4 is 4.90 Å². The van der Waals surface area contributed by atoms with Crippen LogP contribution >= 0.6 is 11.3 Å². The Balaban J connectivity index is 1.22. The van der Waals surface area contributed by atoms with E-state index < -0.39 is 0 Å². The van der Waals surface area contributed by atoms with E-state index in [1.807, 2.05) is 11.3 Å². The van der Waals surface area contributed by atoms with Gasteiger partial charge in [-0.2, -0.15) is 0 Å². The number of fused-ring (bicyclic) bond motifs is 8. The molecule has 2 heterocycles. The molecule has 49 heavy (non-hydrogen) atoms. The maximum atomic E-state index is 2.40. The van der Waals surface area contributed by atoms with Gasteiger partial charge in [0.15, 0.2) is 0 Å². The van der Waals surface area contributed by atoms with Crippen LogP contribution in [0, 0.1) is 0 Å². The molecule has 0 unspecified atom stereocenters. The van der Waals surface area contributed by atoms with Crippen molar-refractivity contribution in [3.05, 3.63) is 182 Å². The molecule has 230 valence electrons. The molecule has 0 bridgehead atoms. The van der Waals surface area contributed by atoms with E-state index in [0.717, 1.165) is 17.1 Å². The summed E-state index contributed by atoms with van der Waals surface area (Å²) >= 11 is 1.91. The van der Waals surface area contributed by atoms with E-state index in [2.05, 4.69) is 192 Å². The molecule has 0 aliphatic rings. The zero-order valence-electron chi connectivity index (χ0n) is 26.6. The third kappa shape index (κ3) is 4.55. The first-order valence-corrected chi connectivity index (χ1v) is 17.5. The van der Waals surface area contributed by atoms with Crippen LogP contribution in [0.3, 0.4) is 0 Å². The molecule has 0 atom stereocenters. The maximum absolute atomic E-state index is 2.40. The van der Waals surface area contributed by atoms with E-state index in [0.29, 0.717) is 0 Å². The van der Waals surface area contributed by atoms with Crippen molar-refractivity contribution in [2.75, 3.05) is 4.90 Å². The molecule has 0 radical (unpaired) electrons. The molecule has 2 nitrogen and oxygen atoms in total. The molecular formula is C46H30N2S. The molecule has 10 rings (SSSR count). The van der Waals surface area contributed by atoms with E-state index in [9.17, 15) is 0 Å². The van der Waals surface area contributed by atoms with Crippen molar-refractivity contribution in [3.8, 4) is 16.8 Å². The minimum absolute atomic E-state index is 1.13. The van der Waals surface area contributed by atoms with Gasteiger partial charge in [0.25, 0.3) is 0 Å². The van der Waals surface area contributed by atoms with Gasteiger partial charge in [-0.05, 0) is 106 Å². The second-order valence-corrected chi connectivity index (χ2v) is 13.6. The van der Waals surface area contributed by atoms with Crippen LogP contribution in [0.5, 0.6) is 0 Å². The maximum Gasteiger partial charge on any atom is 0.0534 e. The summed E-state index contributed by atoms with van der Waals surface area (Å²) in [5.74, 6) is 0. The molecule has 0 saturated carbocycles. The summed E-state index contributed by atoms with van der Waals surface area (Å²) in [4.78, 5) is 2.32. The molecule has 0 saturated heterocycles. The molecule has 0 amide bonds. The SMILES string of the molecule is c1ccc(N(c2ccccc2)c2ccc(-c3cc4cc5c(ccn5-c5ccccc5)cc4c4c3ccc3c5ccccc5sc34)cc2)cc1. The van der Waals surface area contributed by atoms with Gasteiger partial charge in [-0.15, -0.1) is 11.3 Å². The first-order chi connectivity index (χ1) is 24.3. The van der Waals surface area contributed by atoms with Gasteiger partial charge >= 0.3 is 0 Å². The van der Waals surface area contributed by atoms with Crippen molar-refractivity contribution in [1.82, 2.24) is 4.57 Å². The zero-order chi connectivity index (χ0) is 32.3. The summed E-state index contributed by atoms with van der Waals surface area (Å²) in [6.45, 7) is 0. The van der Waals surface area contributed by atoms with Gasteiger partial charge in [0.05, 0.1) is 5.52 Å². The first-order valence-electron chi connectivity index (χ1n) is 16.7. The average Bonchev–Trinajstić information content (AvgIpc) is 3.76. The summed E-state index contributed by atoms with van der Waals surface area (Å²) in [6.07, 6.45) is 2.20. The summed E-state index contributed by atoms with van der Waals surface area (Å²) in [5, 5.41) is 9.05. The zero-order valence-corrected chi connectivity index (χ0v) is 27.4. The Kier molecular flexibility index (Phi) is 6.39. The van der Waals surface area contributed by atoms with Crippen molar-refractivity contribution >= 4 is 81.0 Å². The lowest BCUT2D eigenvalue weighted by Crippen LogP contribution is -2.09. The molecule has 0 spiro atoms. The number of para-hydroxylation sites is 3. The third-order valence-electron chi connectivity index (χ3n) is 9.77. The van der Waals surface area contributed by atoms with Gasteiger partial charge in [0.2, 0.25) is 0 Å². The van der Waals surface area contributed by atoms with Gasteiger partial charge in [-0.3, -0.25) is 0 Å². The Labute approximate surface area is 288 Å². The lowest BCUT2D eigenvalue weighted by molar-refractivity contribution is 1.13. The number of hydrogen-bond donors (Lipinski definition) is 0. The second kappa shape index (κ2) is 11.2. The lowest BCUT2D eigenvalue weighted by Gasteiger charge is -2.25. The standard InChI is InChI=1S/C46H30N2S/c1-4-12-34(13-5-1)47-27-26-32-28-42-33(30-43(32)47)29-41(39-24-25-40-38-18-10-11-19-44(38)49-46(40)45(39)42)31-20-22-37(23-21-31)48(35-14-6-2-7-15-35)36-16-8-3-9-17-36/h1-30H. The number of aromatic nitrogens is 1. The molecular weight excluding hydrogens is 613 g/mol. The molecule has 0 aliphatic heterocycles. The van der Waals surface area contributed by atoms with Gasteiger partial charge in [-0.1, -0.05) is 97.1 Å². The molecule has 0 fully saturated rings. The molecule has 8 aromatic carbocycles. The topological polar surface area (TPSA) is 8.17 Å². The van der Waals surface area contributed by atoms with Gasteiger partial charge < -0.3 is 9.47 Å². The Morgan fingerprint density at radius 1 is 0.449 bits per heavy atom. The predicted octanol–water partition coefficient (Wildman–Crippen LogP) is 13.4. The largest absolute Gasteiger partial charge is 0.317 e. The summed E-state index contributed by atoms with van der Waals surface area (Å²) in [5.41, 5.74) is 8.23. The summed E-state index contributed by atoms with van der Waals surface area (Å²) in [7, 11) is 0. The van der Waals surface area contributed by atoms with Crippen LogP contribution in [0.15, 0.2) is 182 Å². The smallest absolute Gasteiger partial charge is 0.0534 e. The Morgan fingerprint density at radius 2 is 1.08 bits per heavy atom. The first kappa shape index (κ1) is 27.9. The fourth-order valence-corrected chi connectivity index (χ4v) is 8.76. The average molecular weight is 643 g/mol. The highest BCUT2D eigenvalue weighted by molar-refractivity contribution is 7.26. The van der Waals surface area contributed by atoms with Crippen molar-refractivity contribution in [2.45, 2.75) is 0 Å². The van der Waals surface area contributed by atoms with E-state index in [1.165, 1.54) is 69.4 Å². The lowest BCUT2D eigenvalue weighted by atomic mass is 9.91. The molecule has 0 aliphatic carbocycles. The van der Waals surface area contributed by atoms with Crippen LogP contribution in [0.2, 0.25) is 0 Å². The van der Waals surface area contributed by atoms with Gasteiger partial charge in [0.1, 0.15) is 0 Å². The predicted molar refractivity (Wildman–Crippen MR) is 211 cm³/mol. The van der Waals surface area contributed by atoms with Gasteiger partial charge in [0, 0.05) is 59.9 Å². The van der Waals surface area contributed by atoms with E-state index in [1.54, 1.807) is 0 Å². The second-order valence-electron chi connectivity index (χ2n) is 12.6. The Bertz CT molecular complexity index is 2760. The normalized spacial score (nSPS) is 11.7. The number of anilines is 3. The van der Waals surface area contributed by atoms with Crippen molar-refractivity contribution in [3.63, 3.8) is 0 Å². The Hall–Kier alpha value is -6.16. The monoisotopic (exact) mass is 642 g/mol. The van der Waals surface area contributed by atoms with E-state index in [-0.39, 0.29) is 0 Å². The fourth-order valence-electron chi connectivity index (χ4n) is 7.49. The van der Waals surface area contributed by atoms with Crippen molar-refractivity contribution in [1.29, 1.82) is 0 Å². The number of benzene rings is 8. The van der Waals surface area contributed by atoms with Crippen LogP contribution in [-0.2, 0) is 0 Å². The van der Waals surface area contributed by atoms with Crippen molar-refractivity contribution < 1.29 is 0 Å². The summed E-state index contributed by atoms with van der Waals surface area (Å²) < 4.78 is 4.98. The van der Waals surface area contributed by atoms with Crippen LogP contribution in [0.1, 0.15) is 0 Å². The van der Waals surface area contributed by atoms with Crippen molar-refractivity contribution in [2.24, 2.45) is 0 Å². The van der Waals surface area contributed by atoms with Gasteiger partial charge in [-0.25, -0.2) is 0 Å². The van der Waals surface area contributed by atoms with Crippen LogP contribution in [-0.4, -0.2) is 4.57 Å². The highest BCUT2D eigenvalue weighted by Gasteiger charge is 2.18. The quantitative estimate of drug-likeness (QED) is 0.170. The highest BCUT2D eigenvalue weighted by Crippen LogP contribution is 2.45. The number of thiophene rings is 1. The molecule has 10 aromatic rings. The van der Waals surface area contributed by atoms with E-state index >= 15 is 0 Å². The number of hydrogen-bond acceptors (Lipinski definition) is 2.